The van der Waals surface area contributed by atoms with Crippen LogP contribution in [0.4, 0.5) is 17.6 Å². The predicted octanol–water partition coefficient (Wildman–Crippen LogP) is 6.18. The highest BCUT2D eigenvalue weighted by molar-refractivity contribution is 6.32. The highest BCUT2D eigenvalue weighted by Crippen LogP contribution is 2.46. The number of nitrogens with zero attached hydrogens (tertiary/aromatic N) is 1. The van der Waals surface area contributed by atoms with E-state index < -0.39 is 35.4 Å². The molecule has 2 unspecified atom stereocenters. The SMILES string of the molecule is CC1(Cc2ccc(Cl)c(Oc3cc(Cl)cc(C#N)c3)c2F)c2ccccc2OC1C(N)=O.O=C(O)C(F)(F)F. The molecule has 13 heteroatoms. The van der Waals surface area contributed by atoms with Crippen LogP contribution in [-0.4, -0.2) is 29.3 Å². The van der Waals surface area contributed by atoms with E-state index in [0.29, 0.717) is 5.75 Å². The van der Waals surface area contributed by atoms with Crippen molar-refractivity contribution in [2.75, 3.05) is 0 Å². The number of benzene rings is 3. The topological polar surface area (TPSA) is 123 Å². The Balaban J connectivity index is 0.000000532. The summed E-state index contributed by atoms with van der Waals surface area (Å²) in [6.07, 6.45) is -5.94. The first-order chi connectivity index (χ1) is 18.2. The largest absolute Gasteiger partial charge is 0.490 e. The van der Waals surface area contributed by atoms with Crippen molar-refractivity contribution >= 4 is 35.1 Å². The smallest absolute Gasteiger partial charge is 0.479 e. The number of para-hydroxylation sites is 1. The Kier molecular flexibility index (Phi) is 8.63. The van der Waals surface area contributed by atoms with Gasteiger partial charge < -0.3 is 20.3 Å². The maximum absolute atomic E-state index is 15.6. The second kappa shape index (κ2) is 11.4. The van der Waals surface area contributed by atoms with Crippen molar-refractivity contribution in [2.24, 2.45) is 5.73 Å². The molecule has 7 nitrogen and oxygen atoms in total. The van der Waals surface area contributed by atoms with E-state index in [0.717, 1.165) is 5.56 Å². The monoisotopic (exact) mass is 584 g/mol. The molecule has 0 aliphatic carbocycles. The van der Waals surface area contributed by atoms with Gasteiger partial charge in [0, 0.05) is 16.0 Å². The summed E-state index contributed by atoms with van der Waals surface area (Å²) >= 11 is 12.2. The van der Waals surface area contributed by atoms with E-state index >= 15 is 4.39 Å². The molecular weight excluding hydrogens is 567 g/mol. The van der Waals surface area contributed by atoms with Gasteiger partial charge in [0.1, 0.15) is 11.5 Å². The van der Waals surface area contributed by atoms with Gasteiger partial charge in [-0.2, -0.15) is 18.4 Å². The lowest BCUT2D eigenvalue weighted by Crippen LogP contribution is -2.46. The number of nitrogens with two attached hydrogens (primary N) is 1. The van der Waals surface area contributed by atoms with Crippen LogP contribution >= 0.6 is 23.2 Å². The van der Waals surface area contributed by atoms with Crippen LogP contribution in [0.25, 0.3) is 0 Å². The molecule has 1 aliphatic heterocycles. The summed E-state index contributed by atoms with van der Waals surface area (Å²) in [6.45, 7) is 1.80. The number of halogens is 6. The van der Waals surface area contributed by atoms with Gasteiger partial charge in [-0.25, -0.2) is 9.18 Å². The van der Waals surface area contributed by atoms with Crippen LogP contribution in [0.1, 0.15) is 23.6 Å². The van der Waals surface area contributed by atoms with Gasteiger partial charge in [0.2, 0.25) is 0 Å². The lowest BCUT2D eigenvalue weighted by molar-refractivity contribution is -0.192. The number of hydrogen-bond donors (Lipinski definition) is 2. The number of rotatable bonds is 5. The Morgan fingerprint density at radius 1 is 1.18 bits per heavy atom. The van der Waals surface area contributed by atoms with Gasteiger partial charge in [-0.15, -0.1) is 0 Å². The normalized spacial score (nSPS) is 17.6. The molecule has 0 fully saturated rings. The first-order valence-electron chi connectivity index (χ1n) is 10.9. The van der Waals surface area contributed by atoms with Crippen LogP contribution in [0.3, 0.4) is 0 Å². The quantitative estimate of drug-likeness (QED) is 0.345. The number of carbonyl (C=O) groups excluding carboxylic acids is 1. The van der Waals surface area contributed by atoms with Crippen molar-refractivity contribution in [3.05, 3.63) is 87.2 Å². The van der Waals surface area contributed by atoms with Gasteiger partial charge in [-0.1, -0.05) is 54.4 Å². The maximum Gasteiger partial charge on any atom is 0.490 e. The van der Waals surface area contributed by atoms with Crippen molar-refractivity contribution < 1.29 is 41.7 Å². The molecule has 0 saturated carbocycles. The minimum atomic E-state index is -5.08. The van der Waals surface area contributed by atoms with Gasteiger partial charge >= 0.3 is 12.1 Å². The van der Waals surface area contributed by atoms with Crippen molar-refractivity contribution in [1.29, 1.82) is 5.26 Å². The van der Waals surface area contributed by atoms with Crippen LogP contribution in [0.2, 0.25) is 10.0 Å². The number of ether oxygens (including phenoxy) is 2. The number of amides is 1. The number of nitriles is 1. The molecule has 0 bridgehead atoms. The number of alkyl halides is 3. The molecule has 1 heterocycles. The maximum atomic E-state index is 15.6. The van der Waals surface area contributed by atoms with Crippen molar-refractivity contribution in [3.8, 4) is 23.3 Å². The van der Waals surface area contributed by atoms with E-state index in [2.05, 4.69) is 0 Å². The first kappa shape index (κ1) is 29.5. The number of carbonyl (C=O) groups is 2. The fourth-order valence-electron chi connectivity index (χ4n) is 4.00. The molecule has 0 aromatic heterocycles. The van der Waals surface area contributed by atoms with Gasteiger partial charge in [0.05, 0.1) is 16.7 Å². The molecular formula is C26H18Cl2F4N2O5. The van der Waals surface area contributed by atoms with Crippen molar-refractivity contribution in [3.63, 3.8) is 0 Å². The van der Waals surface area contributed by atoms with Crippen molar-refractivity contribution in [1.82, 2.24) is 0 Å². The number of carboxylic acid groups (broad SMARTS) is 1. The second-order valence-electron chi connectivity index (χ2n) is 8.53. The number of hydrogen-bond acceptors (Lipinski definition) is 5. The number of aliphatic carboxylic acids is 1. The zero-order valence-corrected chi connectivity index (χ0v) is 21.4. The summed E-state index contributed by atoms with van der Waals surface area (Å²) in [5.74, 6) is -3.59. The third-order valence-electron chi connectivity index (χ3n) is 5.73. The predicted molar refractivity (Wildman–Crippen MR) is 132 cm³/mol. The minimum Gasteiger partial charge on any atom is -0.479 e. The Morgan fingerprint density at radius 2 is 1.82 bits per heavy atom. The van der Waals surface area contributed by atoms with Crippen LogP contribution in [-0.2, 0) is 21.4 Å². The molecule has 3 aromatic rings. The van der Waals surface area contributed by atoms with E-state index in [1.807, 2.05) is 18.2 Å². The van der Waals surface area contributed by atoms with Gasteiger partial charge in [-0.05, 0) is 42.3 Å². The molecule has 0 spiro atoms. The van der Waals surface area contributed by atoms with Crippen LogP contribution in [0, 0.1) is 17.1 Å². The molecule has 0 saturated heterocycles. The highest BCUT2D eigenvalue weighted by atomic mass is 35.5. The van der Waals surface area contributed by atoms with E-state index in [-0.39, 0.29) is 39.1 Å². The summed E-state index contributed by atoms with van der Waals surface area (Å²) < 4.78 is 58.8. The highest BCUT2D eigenvalue weighted by Gasteiger charge is 2.48. The number of fused-ring (bicyclic) bond motifs is 1. The second-order valence-corrected chi connectivity index (χ2v) is 9.38. The van der Waals surface area contributed by atoms with E-state index in [1.54, 1.807) is 19.1 Å². The average Bonchev–Trinajstić information content (AvgIpc) is 3.16. The Hall–Kier alpha value is -4.01. The van der Waals surface area contributed by atoms with E-state index in [1.165, 1.54) is 30.3 Å². The zero-order chi connectivity index (χ0) is 29.1. The third kappa shape index (κ3) is 6.53. The Labute approximate surface area is 229 Å². The standard InChI is InChI=1S/C24H17Cl2FN2O3.C2HF3O2/c1-24(17-4-2-3-5-19(17)32-22(24)23(29)30)11-14-6-7-18(26)21(20(14)27)31-16-9-13(12-28)8-15(25)10-16;3-2(4,5)1(6)7/h2-10,22H,11H2,1H3,(H2,29,30);(H,6,7). The fourth-order valence-corrected chi connectivity index (χ4v) is 4.41. The van der Waals surface area contributed by atoms with Crippen LogP contribution in [0.15, 0.2) is 54.6 Å². The molecule has 204 valence electrons. The molecule has 1 amide bonds. The lowest BCUT2D eigenvalue weighted by Gasteiger charge is -2.29. The molecule has 39 heavy (non-hydrogen) atoms. The summed E-state index contributed by atoms with van der Waals surface area (Å²) in [5, 5.41) is 16.6. The zero-order valence-electron chi connectivity index (χ0n) is 19.9. The number of primary amides is 1. The van der Waals surface area contributed by atoms with Crippen LogP contribution in [0.5, 0.6) is 17.2 Å². The molecule has 3 aromatic carbocycles. The van der Waals surface area contributed by atoms with Gasteiger partial charge in [0.15, 0.2) is 17.7 Å². The molecule has 4 rings (SSSR count). The minimum absolute atomic E-state index is 0.0457. The Bertz CT molecular complexity index is 1480. The summed E-state index contributed by atoms with van der Waals surface area (Å²) in [7, 11) is 0. The molecule has 0 radical (unpaired) electrons. The lowest BCUT2D eigenvalue weighted by atomic mass is 9.74. The average molecular weight is 585 g/mol. The van der Waals surface area contributed by atoms with Gasteiger partial charge in [-0.3, -0.25) is 4.79 Å². The summed E-state index contributed by atoms with van der Waals surface area (Å²) in [4.78, 5) is 21.0. The third-order valence-corrected chi connectivity index (χ3v) is 6.25. The van der Waals surface area contributed by atoms with E-state index in [9.17, 15) is 18.0 Å². The first-order valence-corrected chi connectivity index (χ1v) is 11.6. The van der Waals surface area contributed by atoms with Crippen molar-refractivity contribution in [2.45, 2.75) is 31.0 Å². The molecule has 2 atom stereocenters. The van der Waals surface area contributed by atoms with Crippen LogP contribution < -0.4 is 15.2 Å². The summed E-state index contributed by atoms with van der Waals surface area (Å²) in [5.41, 5.74) is 5.98. The number of carboxylic acids is 1. The van der Waals surface area contributed by atoms with Gasteiger partial charge in [0.25, 0.3) is 5.91 Å². The molecule has 3 N–H and O–H groups in total. The fraction of sp³-hybridized carbons (Fsp3) is 0.192. The Morgan fingerprint density at radius 3 is 2.41 bits per heavy atom. The summed E-state index contributed by atoms with van der Waals surface area (Å²) in [6, 6.07) is 16.5. The van der Waals surface area contributed by atoms with E-state index in [4.69, 9.17) is 53.6 Å². The molecule has 1 aliphatic rings.